The summed E-state index contributed by atoms with van der Waals surface area (Å²) in [7, 11) is 0. The van der Waals surface area contributed by atoms with Gasteiger partial charge in [0, 0.05) is 42.7 Å². The van der Waals surface area contributed by atoms with Gasteiger partial charge in [-0.2, -0.15) is 0 Å². The number of amides is 2. The molecule has 2 saturated heterocycles. The van der Waals surface area contributed by atoms with E-state index in [4.69, 9.17) is 4.74 Å². The van der Waals surface area contributed by atoms with Crippen LogP contribution in [0.5, 0.6) is 0 Å². The zero-order chi connectivity index (χ0) is 19.3. The number of aromatic nitrogens is 1. The van der Waals surface area contributed by atoms with Gasteiger partial charge in [0.25, 0.3) is 0 Å². The van der Waals surface area contributed by atoms with E-state index in [0.717, 1.165) is 23.9 Å². The van der Waals surface area contributed by atoms with Crippen molar-refractivity contribution in [1.82, 2.24) is 10.3 Å². The first-order valence-corrected chi connectivity index (χ1v) is 10.4. The van der Waals surface area contributed by atoms with Crippen LogP contribution in [0.3, 0.4) is 0 Å². The third-order valence-corrected chi connectivity index (χ3v) is 6.87. The highest BCUT2D eigenvalue weighted by Crippen LogP contribution is 2.59. The van der Waals surface area contributed by atoms with Gasteiger partial charge < -0.3 is 15.0 Å². The summed E-state index contributed by atoms with van der Waals surface area (Å²) < 4.78 is 5.35. The topological polar surface area (TPSA) is 74.8 Å². The van der Waals surface area contributed by atoms with Gasteiger partial charge in [-0.05, 0) is 30.0 Å². The lowest BCUT2D eigenvalue weighted by Crippen LogP contribution is -2.33. The molecular formula is C20H22N4O3S. The summed E-state index contributed by atoms with van der Waals surface area (Å²) >= 11 is 1.69. The fraction of sp³-hybridized carbons (Fsp3) is 0.450. The predicted octanol–water partition coefficient (Wildman–Crippen LogP) is 2.38. The number of carbonyl (C=O) groups excluding carboxylic acids is 2. The summed E-state index contributed by atoms with van der Waals surface area (Å²) in [5, 5.41) is 5.83. The number of cyclic esters (lactones) is 1. The number of nitrogens with zero attached hydrogens (tertiary/aromatic N) is 3. The minimum Gasteiger partial charge on any atom is -0.442 e. The van der Waals surface area contributed by atoms with E-state index >= 15 is 0 Å². The van der Waals surface area contributed by atoms with Crippen molar-refractivity contribution in [3.63, 3.8) is 0 Å². The minimum absolute atomic E-state index is 0.125. The lowest BCUT2D eigenvalue weighted by molar-refractivity contribution is -0.119. The largest absolute Gasteiger partial charge is 0.442 e. The number of hydrogen-bond acceptors (Lipinski definition) is 6. The van der Waals surface area contributed by atoms with Crippen molar-refractivity contribution in [3.05, 3.63) is 41.4 Å². The molecule has 3 aliphatic rings. The third kappa shape index (κ3) is 2.92. The molecule has 1 aliphatic carbocycles. The van der Waals surface area contributed by atoms with Crippen LogP contribution < -0.4 is 15.1 Å². The van der Waals surface area contributed by atoms with Crippen LogP contribution in [-0.2, 0) is 14.9 Å². The molecule has 8 heteroatoms. The molecular weight excluding hydrogens is 376 g/mol. The van der Waals surface area contributed by atoms with E-state index in [9.17, 15) is 9.59 Å². The van der Waals surface area contributed by atoms with Gasteiger partial charge >= 0.3 is 6.09 Å². The molecule has 2 aliphatic heterocycles. The Kier molecular flexibility index (Phi) is 4.04. The monoisotopic (exact) mass is 398 g/mol. The van der Waals surface area contributed by atoms with Gasteiger partial charge in [-0.25, -0.2) is 9.78 Å². The number of thiazole rings is 1. The second-order valence-corrected chi connectivity index (χ2v) is 8.73. The molecule has 1 N–H and O–H groups in total. The maximum atomic E-state index is 12.2. The highest BCUT2D eigenvalue weighted by Gasteiger charge is 2.61. The molecule has 0 spiro atoms. The quantitative estimate of drug-likeness (QED) is 0.837. The van der Waals surface area contributed by atoms with Crippen LogP contribution in [-0.4, -0.2) is 49.3 Å². The number of hydrogen-bond donors (Lipinski definition) is 1. The standard InChI is InChI=1S/C20H22N4O3S/c1-13(25)22-9-17-11-24(19(26)27-17)16-4-2-14(3-5-16)20-8-15(20)10-23(12-20)18-21-6-7-28-18/h2-7,15,17H,8-12H2,1H3,(H,22,25). The number of nitrogens with one attached hydrogen (secondary N) is 1. The molecule has 1 aromatic heterocycles. The molecule has 0 radical (unpaired) electrons. The Hall–Kier alpha value is -2.61. The molecule has 28 heavy (non-hydrogen) atoms. The van der Waals surface area contributed by atoms with Gasteiger partial charge in [0.15, 0.2) is 5.13 Å². The van der Waals surface area contributed by atoms with Crippen molar-refractivity contribution in [1.29, 1.82) is 0 Å². The van der Waals surface area contributed by atoms with Crippen molar-refractivity contribution >= 4 is 34.2 Å². The lowest BCUT2D eigenvalue weighted by Gasteiger charge is -2.21. The third-order valence-electron chi connectivity index (χ3n) is 6.04. The Balaban J connectivity index is 1.27. The van der Waals surface area contributed by atoms with Crippen LogP contribution in [0.2, 0.25) is 0 Å². The highest BCUT2D eigenvalue weighted by molar-refractivity contribution is 7.13. The summed E-state index contributed by atoms with van der Waals surface area (Å²) in [5.41, 5.74) is 2.40. The van der Waals surface area contributed by atoms with Crippen LogP contribution in [0.25, 0.3) is 0 Å². The van der Waals surface area contributed by atoms with Crippen LogP contribution >= 0.6 is 11.3 Å². The van der Waals surface area contributed by atoms with Gasteiger partial charge in [-0.3, -0.25) is 9.69 Å². The van der Waals surface area contributed by atoms with Crippen molar-refractivity contribution in [3.8, 4) is 0 Å². The fourth-order valence-corrected chi connectivity index (χ4v) is 5.17. The molecule has 146 valence electrons. The van der Waals surface area contributed by atoms with Crippen molar-refractivity contribution < 1.29 is 14.3 Å². The summed E-state index contributed by atoms with van der Waals surface area (Å²) in [4.78, 5) is 31.7. The smallest absolute Gasteiger partial charge is 0.414 e. The van der Waals surface area contributed by atoms with Crippen LogP contribution in [0, 0.1) is 5.92 Å². The van der Waals surface area contributed by atoms with E-state index in [1.165, 1.54) is 18.9 Å². The zero-order valence-corrected chi connectivity index (χ0v) is 16.4. The number of ether oxygens (including phenoxy) is 1. The lowest BCUT2D eigenvalue weighted by atomic mass is 9.95. The first-order chi connectivity index (χ1) is 13.5. The molecule has 3 fully saturated rings. The average Bonchev–Trinajstić information content (AvgIpc) is 3.13. The summed E-state index contributed by atoms with van der Waals surface area (Å²) in [6.45, 7) is 4.32. The molecule has 2 amide bonds. The number of rotatable bonds is 5. The van der Waals surface area contributed by atoms with Crippen LogP contribution in [0.1, 0.15) is 18.9 Å². The zero-order valence-electron chi connectivity index (χ0n) is 15.6. The number of anilines is 2. The van der Waals surface area contributed by atoms with Gasteiger partial charge in [0.05, 0.1) is 13.1 Å². The molecule has 7 nitrogen and oxygen atoms in total. The molecule has 1 saturated carbocycles. The average molecular weight is 398 g/mol. The van der Waals surface area contributed by atoms with Crippen molar-refractivity contribution in [2.24, 2.45) is 5.92 Å². The SMILES string of the molecule is CC(=O)NCC1CN(c2ccc(C34CC3CN(c3nccs3)C4)cc2)C(=O)O1. The van der Waals surface area contributed by atoms with E-state index < -0.39 is 0 Å². The maximum Gasteiger partial charge on any atom is 0.414 e. The van der Waals surface area contributed by atoms with Gasteiger partial charge in [-0.1, -0.05) is 12.1 Å². The Morgan fingerprint density at radius 2 is 2.18 bits per heavy atom. The second-order valence-electron chi connectivity index (χ2n) is 7.85. The van der Waals surface area contributed by atoms with Gasteiger partial charge in [0.1, 0.15) is 6.10 Å². The first kappa shape index (κ1) is 17.5. The van der Waals surface area contributed by atoms with Crippen LogP contribution in [0.4, 0.5) is 15.6 Å². The molecule has 5 rings (SSSR count). The van der Waals surface area contributed by atoms with E-state index in [1.54, 1.807) is 16.2 Å². The van der Waals surface area contributed by atoms with E-state index in [-0.39, 0.29) is 23.5 Å². The minimum atomic E-state index is -0.360. The fourth-order valence-electron chi connectivity index (χ4n) is 4.52. The molecule has 3 heterocycles. The number of fused-ring (bicyclic) bond motifs is 1. The molecule has 3 unspecified atom stereocenters. The van der Waals surface area contributed by atoms with Gasteiger partial charge in [0.2, 0.25) is 5.91 Å². The second kappa shape index (κ2) is 6.48. The number of benzene rings is 1. The number of piperidine rings is 1. The predicted molar refractivity (Wildman–Crippen MR) is 107 cm³/mol. The Bertz CT molecular complexity index is 901. The van der Waals surface area contributed by atoms with E-state index in [2.05, 4.69) is 27.3 Å². The van der Waals surface area contributed by atoms with Crippen molar-refractivity contribution in [2.45, 2.75) is 24.9 Å². The van der Waals surface area contributed by atoms with Gasteiger partial charge in [-0.15, -0.1) is 11.3 Å². The Labute approximate surface area is 167 Å². The van der Waals surface area contributed by atoms with E-state index in [1.807, 2.05) is 23.7 Å². The normalized spacial score (nSPS) is 28.2. The molecule has 2 aromatic rings. The summed E-state index contributed by atoms with van der Waals surface area (Å²) in [5.74, 6) is 0.557. The maximum absolute atomic E-state index is 12.2. The summed E-state index contributed by atoms with van der Waals surface area (Å²) in [6, 6.07) is 8.31. The first-order valence-electron chi connectivity index (χ1n) is 9.53. The van der Waals surface area contributed by atoms with Crippen molar-refractivity contribution in [2.75, 3.05) is 36.0 Å². The van der Waals surface area contributed by atoms with Crippen LogP contribution in [0.15, 0.2) is 35.8 Å². The summed E-state index contributed by atoms with van der Waals surface area (Å²) in [6.07, 6.45) is 2.41. The molecule has 1 aromatic carbocycles. The Morgan fingerprint density at radius 3 is 2.89 bits per heavy atom. The highest BCUT2D eigenvalue weighted by atomic mass is 32.1. The number of carbonyl (C=O) groups is 2. The van der Waals surface area contributed by atoms with E-state index in [0.29, 0.717) is 19.0 Å². The Morgan fingerprint density at radius 1 is 1.36 bits per heavy atom. The molecule has 3 atom stereocenters. The molecule has 0 bridgehead atoms.